The number of aryl methyl sites for hydroxylation is 2. The molecule has 2 rings (SSSR count). The number of anilines is 2. The summed E-state index contributed by atoms with van der Waals surface area (Å²) in [6, 6.07) is 11.4. The minimum absolute atomic E-state index is 0.664. The SMILES string of the molecule is Nc1cc[n+](CCc2ccccc2Cl)c(N)c1. The van der Waals surface area contributed by atoms with Crippen LogP contribution >= 0.6 is 11.6 Å². The van der Waals surface area contributed by atoms with E-state index in [1.54, 1.807) is 6.07 Å². The number of aromatic nitrogens is 1. The molecule has 1 aromatic carbocycles. The molecule has 0 atom stereocenters. The Morgan fingerprint density at radius 1 is 1.12 bits per heavy atom. The Labute approximate surface area is 106 Å². The van der Waals surface area contributed by atoms with E-state index in [1.807, 2.05) is 41.1 Å². The lowest BCUT2D eigenvalue weighted by molar-refractivity contribution is -0.682. The summed E-state index contributed by atoms with van der Waals surface area (Å²) >= 11 is 6.09. The summed E-state index contributed by atoms with van der Waals surface area (Å²) in [6.45, 7) is 0.788. The van der Waals surface area contributed by atoms with Crippen molar-refractivity contribution in [3.63, 3.8) is 0 Å². The predicted octanol–water partition coefficient (Wildman–Crippen LogP) is 2.03. The molecule has 4 heteroatoms. The van der Waals surface area contributed by atoms with Crippen molar-refractivity contribution < 1.29 is 4.57 Å². The normalized spacial score (nSPS) is 10.4. The van der Waals surface area contributed by atoms with Crippen molar-refractivity contribution >= 4 is 23.1 Å². The first-order valence-corrected chi connectivity index (χ1v) is 5.82. The molecular formula is C13H15ClN3+. The van der Waals surface area contributed by atoms with Gasteiger partial charge in [0, 0.05) is 23.2 Å². The molecule has 1 heterocycles. The van der Waals surface area contributed by atoms with Gasteiger partial charge in [-0.25, -0.2) is 4.57 Å². The van der Waals surface area contributed by atoms with Crippen LogP contribution < -0.4 is 16.0 Å². The molecule has 88 valence electrons. The molecule has 3 nitrogen and oxygen atoms in total. The summed E-state index contributed by atoms with van der Waals surface area (Å²) in [5, 5.41) is 0.794. The first kappa shape index (κ1) is 11.7. The van der Waals surface area contributed by atoms with E-state index in [4.69, 9.17) is 23.1 Å². The largest absolute Gasteiger partial charge is 0.398 e. The fraction of sp³-hybridized carbons (Fsp3) is 0.154. The van der Waals surface area contributed by atoms with E-state index in [2.05, 4.69) is 0 Å². The van der Waals surface area contributed by atoms with Crippen molar-refractivity contribution in [2.75, 3.05) is 11.5 Å². The number of nitrogens with zero attached hydrogens (tertiary/aromatic N) is 1. The lowest BCUT2D eigenvalue weighted by Gasteiger charge is -2.05. The van der Waals surface area contributed by atoms with E-state index in [0.29, 0.717) is 11.5 Å². The van der Waals surface area contributed by atoms with Gasteiger partial charge in [-0.2, -0.15) is 0 Å². The first-order valence-electron chi connectivity index (χ1n) is 5.44. The van der Waals surface area contributed by atoms with Gasteiger partial charge >= 0.3 is 0 Å². The fourth-order valence-corrected chi connectivity index (χ4v) is 1.94. The number of benzene rings is 1. The number of pyridine rings is 1. The van der Waals surface area contributed by atoms with Crippen molar-refractivity contribution in [1.29, 1.82) is 0 Å². The Balaban J connectivity index is 2.10. The third-order valence-corrected chi connectivity index (χ3v) is 3.04. The van der Waals surface area contributed by atoms with Gasteiger partial charge in [-0.05, 0) is 11.6 Å². The minimum atomic E-state index is 0.664. The van der Waals surface area contributed by atoms with E-state index in [0.717, 1.165) is 23.6 Å². The molecule has 0 unspecified atom stereocenters. The number of nitrogens with two attached hydrogens (primary N) is 2. The van der Waals surface area contributed by atoms with E-state index in [9.17, 15) is 0 Å². The highest BCUT2D eigenvalue weighted by Crippen LogP contribution is 2.15. The topological polar surface area (TPSA) is 55.9 Å². The molecule has 0 aliphatic heterocycles. The highest BCUT2D eigenvalue weighted by Gasteiger charge is 2.06. The van der Waals surface area contributed by atoms with Gasteiger partial charge in [-0.1, -0.05) is 29.8 Å². The van der Waals surface area contributed by atoms with Crippen molar-refractivity contribution in [2.45, 2.75) is 13.0 Å². The van der Waals surface area contributed by atoms with E-state index in [1.165, 1.54) is 0 Å². The Morgan fingerprint density at radius 2 is 1.88 bits per heavy atom. The van der Waals surface area contributed by atoms with Gasteiger partial charge in [0.15, 0.2) is 0 Å². The molecule has 0 aliphatic rings. The molecular weight excluding hydrogens is 234 g/mol. The van der Waals surface area contributed by atoms with Crippen molar-refractivity contribution in [2.24, 2.45) is 0 Å². The first-order chi connectivity index (χ1) is 8.16. The Morgan fingerprint density at radius 3 is 2.59 bits per heavy atom. The number of nitrogen functional groups attached to an aromatic ring is 2. The molecule has 0 saturated carbocycles. The van der Waals surface area contributed by atoms with Gasteiger partial charge in [0.05, 0.1) is 18.8 Å². The van der Waals surface area contributed by atoms with Crippen LogP contribution in [-0.2, 0) is 13.0 Å². The van der Waals surface area contributed by atoms with Crippen LogP contribution in [0.25, 0.3) is 0 Å². The Kier molecular flexibility index (Phi) is 3.49. The molecule has 0 fully saturated rings. The molecule has 0 saturated heterocycles. The summed E-state index contributed by atoms with van der Waals surface area (Å²) in [5.41, 5.74) is 13.3. The quantitative estimate of drug-likeness (QED) is 0.817. The van der Waals surface area contributed by atoms with Gasteiger partial charge in [-0.3, -0.25) is 5.73 Å². The molecule has 0 radical (unpaired) electrons. The average Bonchev–Trinajstić information content (AvgIpc) is 2.30. The van der Waals surface area contributed by atoms with Gasteiger partial charge in [0.2, 0.25) is 0 Å². The lowest BCUT2D eigenvalue weighted by Crippen LogP contribution is -2.37. The zero-order valence-corrected chi connectivity index (χ0v) is 10.2. The standard InChI is InChI=1S/C13H14ClN3/c14-12-4-2-1-3-10(12)5-7-17-8-6-11(15)9-13(17)16/h1-4,6,8-9H,5,7H2,(H3,15,16)/p+1. The van der Waals surface area contributed by atoms with E-state index >= 15 is 0 Å². The molecule has 0 bridgehead atoms. The number of rotatable bonds is 3. The van der Waals surface area contributed by atoms with E-state index in [-0.39, 0.29) is 0 Å². The molecule has 0 aliphatic carbocycles. The van der Waals surface area contributed by atoms with Crippen LogP contribution in [0.4, 0.5) is 11.5 Å². The smallest absolute Gasteiger partial charge is 0.274 e. The second-order valence-electron chi connectivity index (χ2n) is 3.92. The summed E-state index contributed by atoms with van der Waals surface area (Å²) in [7, 11) is 0. The van der Waals surface area contributed by atoms with Crippen LogP contribution in [0.3, 0.4) is 0 Å². The number of halogens is 1. The zero-order chi connectivity index (χ0) is 12.3. The maximum atomic E-state index is 6.09. The maximum absolute atomic E-state index is 6.09. The Bertz CT molecular complexity index is 526. The molecule has 2 aromatic rings. The second-order valence-corrected chi connectivity index (χ2v) is 4.33. The summed E-state index contributed by atoms with van der Waals surface area (Å²) in [4.78, 5) is 0. The lowest BCUT2D eigenvalue weighted by atomic mass is 10.1. The average molecular weight is 249 g/mol. The summed E-state index contributed by atoms with van der Waals surface area (Å²) < 4.78 is 1.96. The highest BCUT2D eigenvalue weighted by atomic mass is 35.5. The zero-order valence-electron chi connectivity index (χ0n) is 9.44. The minimum Gasteiger partial charge on any atom is -0.398 e. The third kappa shape index (κ3) is 2.88. The molecule has 17 heavy (non-hydrogen) atoms. The molecule has 0 spiro atoms. The molecule has 0 amide bonds. The van der Waals surface area contributed by atoms with Gasteiger partial charge < -0.3 is 5.73 Å². The third-order valence-electron chi connectivity index (χ3n) is 2.67. The van der Waals surface area contributed by atoms with Crippen LogP contribution in [0.2, 0.25) is 5.02 Å². The summed E-state index contributed by atoms with van der Waals surface area (Å²) in [6.07, 6.45) is 2.74. The maximum Gasteiger partial charge on any atom is 0.274 e. The van der Waals surface area contributed by atoms with Crippen LogP contribution in [0, 0.1) is 0 Å². The van der Waals surface area contributed by atoms with Gasteiger partial charge in [0.25, 0.3) is 5.82 Å². The van der Waals surface area contributed by atoms with Crippen molar-refractivity contribution in [1.82, 2.24) is 0 Å². The molecule has 1 aromatic heterocycles. The van der Waals surface area contributed by atoms with Crippen LogP contribution in [0.1, 0.15) is 5.56 Å². The molecule has 4 N–H and O–H groups in total. The van der Waals surface area contributed by atoms with Crippen LogP contribution in [-0.4, -0.2) is 0 Å². The van der Waals surface area contributed by atoms with Crippen molar-refractivity contribution in [3.05, 3.63) is 53.2 Å². The summed E-state index contributed by atoms with van der Waals surface area (Å²) in [5.74, 6) is 0.664. The Hall–Kier alpha value is -1.74. The predicted molar refractivity (Wildman–Crippen MR) is 70.6 cm³/mol. The second kappa shape index (κ2) is 5.06. The fourth-order valence-electron chi connectivity index (χ4n) is 1.71. The van der Waals surface area contributed by atoms with Crippen molar-refractivity contribution in [3.8, 4) is 0 Å². The van der Waals surface area contributed by atoms with Gasteiger partial charge in [-0.15, -0.1) is 0 Å². The monoisotopic (exact) mass is 248 g/mol. The number of hydrogen-bond donors (Lipinski definition) is 2. The highest BCUT2D eigenvalue weighted by molar-refractivity contribution is 6.31. The van der Waals surface area contributed by atoms with E-state index < -0.39 is 0 Å². The van der Waals surface area contributed by atoms with Crippen LogP contribution in [0.15, 0.2) is 42.6 Å². The number of hydrogen-bond acceptors (Lipinski definition) is 2. The van der Waals surface area contributed by atoms with Crippen LogP contribution in [0.5, 0.6) is 0 Å². The van der Waals surface area contributed by atoms with Gasteiger partial charge in [0.1, 0.15) is 0 Å².